The predicted octanol–water partition coefficient (Wildman–Crippen LogP) is 3.75. The van der Waals surface area contributed by atoms with Gasteiger partial charge in [-0.25, -0.2) is 0 Å². The van der Waals surface area contributed by atoms with E-state index < -0.39 is 5.91 Å². The van der Waals surface area contributed by atoms with Gasteiger partial charge in [0.05, 0.1) is 0 Å². The molecular weight excluding hydrogens is 370 g/mol. The first-order valence-electron chi connectivity index (χ1n) is 9.73. The first-order valence-corrected chi connectivity index (χ1v) is 10.1. The van der Waals surface area contributed by atoms with Gasteiger partial charge in [-0.3, -0.25) is 19.8 Å². The number of carbonyl (C=O) groups excluding carboxylic acids is 2. The molecule has 0 aliphatic carbocycles. The van der Waals surface area contributed by atoms with Gasteiger partial charge in [0.1, 0.15) is 5.57 Å². The van der Waals surface area contributed by atoms with Crippen molar-refractivity contribution >= 4 is 40.9 Å². The lowest BCUT2D eigenvalue weighted by atomic mass is 9.78. The lowest BCUT2D eigenvalue weighted by Crippen LogP contribution is -2.52. The molecule has 5 nitrogen and oxygen atoms in total. The zero-order valence-electron chi connectivity index (χ0n) is 17.7. The molecule has 3 rings (SSSR count). The number of nitrogens with zero attached hydrogens (tertiary/aromatic N) is 2. The number of amides is 2. The fourth-order valence-electron chi connectivity index (χ4n) is 4.65. The molecule has 0 radical (unpaired) electrons. The van der Waals surface area contributed by atoms with Crippen LogP contribution in [0.2, 0.25) is 0 Å². The number of anilines is 1. The highest BCUT2D eigenvalue weighted by Gasteiger charge is 2.38. The molecule has 0 bridgehead atoms. The summed E-state index contributed by atoms with van der Waals surface area (Å²) in [6, 6.07) is 4.71. The zero-order chi connectivity index (χ0) is 21.0. The van der Waals surface area contributed by atoms with Gasteiger partial charge in [-0.2, -0.15) is 0 Å². The van der Waals surface area contributed by atoms with Crippen LogP contribution in [0.3, 0.4) is 0 Å². The Bertz CT molecular complexity index is 901. The third-order valence-electron chi connectivity index (χ3n) is 5.78. The van der Waals surface area contributed by atoms with Gasteiger partial charge >= 0.3 is 0 Å². The van der Waals surface area contributed by atoms with E-state index in [9.17, 15) is 9.59 Å². The number of hydrogen-bond acceptors (Lipinski definition) is 4. The summed E-state index contributed by atoms with van der Waals surface area (Å²) in [6.07, 6.45) is 2.74. The number of nitrogens with one attached hydrogen (secondary N) is 1. The van der Waals surface area contributed by atoms with E-state index in [1.165, 1.54) is 16.2 Å². The second-order valence-electron chi connectivity index (χ2n) is 8.83. The second kappa shape index (κ2) is 6.99. The fourth-order valence-corrected chi connectivity index (χ4v) is 4.82. The molecule has 1 N–H and O–H groups in total. The van der Waals surface area contributed by atoms with E-state index in [0.717, 1.165) is 17.5 Å². The maximum Gasteiger partial charge on any atom is 0.265 e. The number of likely N-dealkylation sites (N-methyl/N-ethyl adjacent to an activating group) is 1. The van der Waals surface area contributed by atoms with Gasteiger partial charge in [0.15, 0.2) is 5.11 Å². The molecule has 2 heterocycles. The molecule has 2 amide bonds. The van der Waals surface area contributed by atoms with Crippen molar-refractivity contribution in [1.82, 2.24) is 10.2 Å². The maximum absolute atomic E-state index is 12.5. The molecule has 1 aromatic carbocycles. The maximum atomic E-state index is 12.5. The molecule has 6 heteroatoms. The Hall–Kier alpha value is -2.21. The van der Waals surface area contributed by atoms with Gasteiger partial charge in [-0.1, -0.05) is 6.92 Å². The van der Waals surface area contributed by atoms with E-state index in [1.807, 2.05) is 6.92 Å². The van der Waals surface area contributed by atoms with Gasteiger partial charge in [-0.15, -0.1) is 0 Å². The molecule has 1 atom stereocenters. The third-order valence-corrected chi connectivity index (χ3v) is 6.16. The van der Waals surface area contributed by atoms with Gasteiger partial charge in [0.2, 0.25) is 0 Å². The van der Waals surface area contributed by atoms with Crippen LogP contribution in [0.5, 0.6) is 0 Å². The monoisotopic (exact) mass is 399 g/mol. The number of thiocarbonyl (C=S) groups is 1. The van der Waals surface area contributed by atoms with Crippen LogP contribution in [-0.4, -0.2) is 40.5 Å². The van der Waals surface area contributed by atoms with Crippen LogP contribution in [0.15, 0.2) is 17.7 Å². The summed E-state index contributed by atoms with van der Waals surface area (Å²) in [5, 5.41) is 2.71. The van der Waals surface area contributed by atoms with Crippen molar-refractivity contribution in [3.63, 3.8) is 0 Å². The van der Waals surface area contributed by atoms with Crippen LogP contribution in [0, 0.1) is 6.92 Å². The molecule has 1 fully saturated rings. The number of rotatable bonds is 2. The van der Waals surface area contributed by atoms with Gasteiger partial charge in [0, 0.05) is 24.3 Å². The summed E-state index contributed by atoms with van der Waals surface area (Å²) in [6.45, 7) is 13.3. The number of aryl methyl sites for hydroxylation is 1. The molecule has 0 spiro atoms. The lowest BCUT2D eigenvalue weighted by molar-refractivity contribution is -0.128. The third kappa shape index (κ3) is 3.34. The highest BCUT2D eigenvalue weighted by Crippen LogP contribution is 2.45. The number of carbonyl (C=O) groups is 2. The molecule has 28 heavy (non-hydrogen) atoms. The Morgan fingerprint density at radius 3 is 2.54 bits per heavy atom. The van der Waals surface area contributed by atoms with E-state index in [2.05, 4.69) is 57.0 Å². The molecule has 150 valence electrons. The summed E-state index contributed by atoms with van der Waals surface area (Å²) < 4.78 is 0. The average molecular weight is 400 g/mol. The van der Waals surface area contributed by atoms with Crippen molar-refractivity contribution in [2.75, 3.05) is 11.9 Å². The van der Waals surface area contributed by atoms with Crippen LogP contribution in [0.25, 0.3) is 6.08 Å². The Labute approximate surface area is 172 Å². The Morgan fingerprint density at radius 1 is 1.29 bits per heavy atom. The van der Waals surface area contributed by atoms with Crippen molar-refractivity contribution in [2.24, 2.45) is 0 Å². The standard InChI is InChI=1S/C22H29N3O2S/c1-12(2)25-18-8-13(3)15(9-16(18)14(4)11-22(25,5)6)10-17-19(26)23-21(28)24(7)20(17)27/h8-10,12,14H,11H2,1-7H3,(H,23,26,28)/b17-10+. The molecule has 0 saturated carbocycles. The Kier molecular flexibility index (Phi) is 5.13. The molecule has 2 aliphatic rings. The summed E-state index contributed by atoms with van der Waals surface area (Å²) in [4.78, 5) is 28.7. The molecule has 1 unspecified atom stereocenters. The Morgan fingerprint density at radius 2 is 1.93 bits per heavy atom. The van der Waals surface area contributed by atoms with Crippen molar-refractivity contribution in [3.05, 3.63) is 34.4 Å². The fraction of sp³-hybridized carbons (Fsp3) is 0.500. The average Bonchev–Trinajstić information content (AvgIpc) is 2.56. The van der Waals surface area contributed by atoms with Crippen LogP contribution in [0.4, 0.5) is 5.69 Å². The summed E-state index contributed by atoms with van der Waals surface area (Å²) in [5.41, 5.74) is 4.63. The van der Waals surface area contributed by atoms with E-state index in [4.69, 9.17) is 12.2 Å². The zero-order valence-corrected chi connectivity index (χ0v) is 18.5. The largest absolute Gasteiger partial charge is 0.364 e. The molecule has 1 saturated heterocycles. The minimum Gasteiger partial charge on any atom is -0.364 e. The van der Waals surface area contributed by atoms with E-state index in [0.29, 0.717) is 12.0 Å². The van der Waals surface area contributed by atoms with Crippen molar-refractivity contribution in [1.29, 1.82) is 0 Å². The quantitative estimate of drug-likeness (QED) is 0.467. The highest BCUT2D eigenvalue weighted by atomic mass is 32.1. The number of hydrogen-bond donors (Lipinski definition) is 1. The first kappa shape index (κ1) is 20.5. The minimum absolute atomic E-state index is 0.0740. The van der Waals surface area contributed by atoms with Gasteiger partial charge in [0.25, 0.3) is 11.8 Å². The molecule has 1 aromatic rings. The van der Waals surface area contributed by atoms with Crippen LogP contribution >= 0.6 is 12.2 Å². The van der Waals surface area contributed by atoms with E-state index in [1.54, 1.807) is 13.1 Å². The lowest BCUT2D eigenvalue weighted by Gasteiger charge is -2.50. The number of benzene rings is 1. The van der Waals surface area contributed by atoms with Crippen molar-refractivity contribution in [2.45, 2.75) is 65.5 Å². The number of fused-ring (bicyclic) bond motifs is 1. The molecule has 2 aliphatic heterocycles. The van der Waals surface area contributed by atoms with Crippen molar-refractivity contribution < 1.29 is 9.59 Å². The topological polar surface area (TPSA) is 52.7 Å². The Balaban J connectivity index is 2.12. The summed E-state index contributed by atoms with van der Waals surface area (Å²) in [7, 11) is 1.57. The highest BCUT2D eigenvalue weighted by molar-refractivity contribution is 7.80. The smallest absolute Gasteiger partial charge is 0.265 e. The van der Waals surface area contributed by atoms with E-state index >= 15 is 0 Å². The second-order valence-corrected chi connectivity index (χ2v) is 9.22. The minimum atomic E-state index is -0.441. The van der Waals surface area contributed by atoms with Gasteiger partial charge < -0.3 is 4.90 Å². The molecular formula is C22H29N3O2S. The molecule has 0 aromatic heterocycles. The predicted molar refractivity (Wildman–Crippen MR) is 117 cm³/mol. The SMILES string of the molecule is Cc1cc2c(cc1/C=C1\C(=O)NC(=S)N(C)C1=O)C(C)CC(C)(C)N2C(C)C. The van der Waals surface area contributed by atoms with Crippen LogP contribution < -0.4 is 10.2 Å². The summed E-state index contributed by atoms with van der Waals surface area (Å²) >= 11 is 5.02. The normalized spacial score (nSPS) is 23.4. The van der Waals surface area contributed by atoms with Gasteiger partial charge in [-0.05, 0) is 94.1 Å². The van der Waals surface area contributed by atoms with Crippen molar-refractivity contribution in [3.8, 4) is 0 Å². The van der Waals surface area contributed by atoms with E-state index in [-0.39, 0.29) is 22.1 Å². The summed E-state index contributed by atoms with van der Waals surface area (Å²) in [5.74, 6) is -0.420. The van der Waals surface area contributed by atoms with Crippen LogP contribution in [-0.2, 0) is 9.59 Å². The first-order chi connectivity index (χ1) is 12.9. The van der Waals surface area contributed by atoms with Crippen LogP contribution in [0.1, 0.15) is 63.6 Å².